The largest absolute Gasteiger partial charge is 0.453 e. The molecule has 0 radical (unpaired) electrons. The van der Waals surface area contributed by atoms with E-state index in [1.807, 2.05) is 36.4 Å². The van der Waals surface area contributed by atoms with Crippen molar-refractivity contribution in [3.63, 3.8) is 0 Å². The summed E-state index contributed by atoms with van der Waals surface area (Å²) in [6.07, 6.45) is 1.14. The van der Waals surface area contributed by atoms with Crippen LogP contribution in [0, 0.1) is 0 Å². The van der Waals surface area contributed by atoms with Crippen molar-refractivity contribution >= 4 is 41.5 Å². The standard InChI is InChI=1S/C24H32N4O3.ClH/c1-4-27(5-2)15-14-25-17-23(29)28-21-9-7-6-8-18(21)10-11-19-12-13-20(16-22(19)28)26-24(30)31-3;/h6-9,12-13,16,25H,4-5,10-11,14-15,17H2,1-3H3,(H,26,30);1H. The molecule has 0 bridgehead atoms. The van der Waals surface area contributed by atoms with Gasteiger partial charge in [-0.1, -0.05) is 38.1 Å². The third kappa shape index (κ3) is 6.22. The van der Waals surface area contributed by atoms with E-state index in [0.29, 0.717) is 5.69 Å². The predicted molar refractivity (Wildman–Crippen MR) is 131 cm³/mol. The van der Waals surface area contributed by atoms with Gasteiger partial charge in [0, 0.05) is 18.8 Å². The lowest BCUT2D eigenvalue weighted by atomic mass is 10.0. The number of methoxy groups -OCH3 is 1. The third-order valence-corrected chi connectivity index (χ3v) is 5.68. The number of benzene rings is 2. The molecule has 1 heterocycles. The van der Waals surface area contributed by atoms with Crippen LogP contribution >= 0.6 is 12.4 Å². The van der Waals surface area contributed by atoms with Crippen molar-refractivity contribution in [3.8, 4) is 0 Å². The SMILES string of the molecule is CCN(CC)CCNCC(=O)N1c2ccccc2CCc2ccc(NC(=O)OC)cc21.Cl. The van der Waals surface area contributed by atoms with Gasteiger partial charge in [-0.15, -0.1) is 12.4 Å². The molecule has 1 aliphatic heterocycles. The Kier molecular flexibility index (Phi) is 9.97. The Morgan fingerprint density at radius 2 is 1.72 bits per heavy atom. The Balaban J connectivity index is 0.00000363. The zero-order valence-corrected chi connectivity index (χ0v) is 19.8. The number of likely N-dealkylation sites (N-methyl/N-ethyl adjacent to an activating group) is 1. The summed E-state index contributed by atoms with van der Waals surface area (Å²) in [4.78, 5) is 29.2. The maximum atomic E-state index is 13.4. The highest BCUT2D eigenvalue weighted by atomic mass is 35.5. The third-order valence-electron chi connectivity index (χ3n) is 5.68. The Morgan fingerprint density at radius 1 is 1.03 bits per heavy atom. The van der Waals surface area contributed by atoms with Crippen molar-refractivity contribution in [2.24, 2.45) is 0 Å². The van der Waals surface area contributed by atoms with Gasteiger partial charge in [0.25, 0.3) is 0 Å². The van der Waals surface area contributed by atoms with Gasteiger partial charge < -0.3 is 15.0 Å². The lowest BCUT2D eigenvalue weighted by Crippen LogP contribution is -2.39. The number of rotatable bonds is 8. The Morgan fingerprint density at radius 3 is 2.41 bits per heavy atom. The molecule has 2 amide bonds. The fourth-order valence-electron chi connectivity index (χ4n) is 3.89. The molecule has 0 aromatic heterocycles. The average molecular weight is 461 g/mol. The van der Waals surface area contributed by atoms with E-state index < -0.39 is 6.09 Å². The summed E-state index contributed by atoms with van der Waals surface area (Å²) in [5, 5.41) is 6.00. The number of amides is 2. The Labute approximate surface area is 196 Å². The topological polar surface area (TPSA) is 73.9 Å². The lowest BCUT2D eigenvalue weighted by Gasteiger charge is -2.26. The van der Waals surface area contributed by atoms with Crippen LogP contribution in [0.5, 0.6) is 0 Å². The van der Waals surface area contributed by atoms with E-state index in [4.69, 9.17) is 4.74 Å². The van der Waals surface area contributed by atoms with E-state index in [9.17, 15) is 9.59 Å². The second-order valence-corrected chi connectivity index (χ2v) is 7.52. The van der Waals surface area contributed by atoms with Gasteiger partial charge in [-0.25, -0.2) is 4.79 Å². The minimum absolute atomic E-state index is 0. The summed E-state index contributed by atoms with van der Waals surface area (Å²) >= 11 is 0. The molecule has 2 N–H and O–H groups in total. The molecule has 174 valence electrons. The Bertz CT molecular complexity index is 918. The van der Waals surface area contributed by atoms with Crippen LogP contribution in [-0.4, -0.2) is 56.7 Å². The van der Waals surface area contributed by atoms with Crippen LogP contribution in [0.2, 0.25) is 0 Å². The number of anilines is 3. The van der Waals surface area contributed by atoms with Crippen LogP contribution in [0.4, 0.5) is 21.9 Å². The number of fused-ring (bicyclic) bond motifs is 2. The summed E-state index contributed by atoms with van der Waals surface area (Å²) in [7, 11) is 1.33. The van der Waals surface area contributed by atoms with E-state index in [2.05, 4.69) is 35.4 Å². The molecule has 0 atom stereocenters. The van der Waals surface area contributed by atoms with E-state index in [-0.39, 0.29) is 24.9 Å². The summed E-state index contributed by atoms with van der Waals surface area (Å²) in [5.74, 6) is -0.0228. The van der Waals surface area contributed by atoms with Crippen molar-refractivity contribution in [2.75, 3.05) is 50.1 Å². The Hall–Kier alpha value is -2.61. The van der Waals surface area contributed by atoms with Crippen molar-refractivity contribution < 1.29 is 14.3 Å². The molecular weight excluding hydrogens is 428 g/mol. The monoisotopic (exact) mass is 460 g/mol. The van der Waals surface area contributed by atoms with Gasteiger partial charge in [0.1, 0.15) is 0 Å². The van der Waals surface area contributed by atoms with E-state index in [0.717, 1.165) is 61.5 Å². The summed E-state index contributed by atoms with van der Waals surface area (Å²) in [5.41, 5.74) is 4.50. The molecular formula is C24H33ClN4O3. The summed E-state index contributed by atoms with van der Waals surface area (Å²) in [6, 6.07) is 13.7. The number of hydrogen-bond acceptors (Lipinski definition) is 5. The molecule has 0 saturated carbocycles. The molecule has 0 aliphatic carbocycles. The summed E-state index contributed by atoms with van der Waals surface area (Å²) in [6.45, 7) is 8.16. The molecule has 2 aromatic rings. The minimum atomic E-state index is -0.537. The van der Waals surface area contributed by atoms with Crippen LogP contribution in [-0.2, 0) is 22.4 Å². The van der Waals surface area contributed by atoms with Gasteiger partial charge in [-0.2, -0.15) is 0 Å². The minimum Gasteiger partial charge on any atom is -0.453 e. The highest BCUT2D eigenvalue weighted by molar-refractivity contribution is 6.04. The predicted octanol–water partition coefficient (Wildman–Crippen LogP) is 3.98. The van der Waals surface area contributed by atoms with Gasteiger partial charge in [0.2, 0.25) is 5.91 Å². The van der Waals surface area contributed by atoms with Crippen LogP contribution in [0.3, 0.4) is 0 Å². The fraction of sp³-hybridized carbons (Fsp3) is 0.417. The normalized spacial score (nSPS) is 12.3. The van der Waals surface area contributed by atoms with Crippen LogP contribution in [0.25, 0.3) is 0 Å². The van der Waals surface area contributed by atoms with Gasteiger partial charge in [-0.05, 0) is 55.3 Å². The maximum Gasteiger partial charge on any atom is 0.411 e. The van der Waals surface area contributed by atoms with Crippen molar-refractivity contribution in [1.29, 1.82) is 0 Å². The van der Waals surface area contributed by atoms with Crippen LogP contribution in [0.15, 0.2) is 42.5 Å². The first kappa shape index (κ1) is 25.6. The molecule has 7 nitrogen and oxygen atoms in total. The van der Waals surface area contributed by atoms with Crippen molar-refractivity contribution in [3.05, 3.63) is 53.6 Å². The number of nitrogens with zero attached hydrogens (tertiary/aromatic N) is 2. The van der Waals surface area contributed by atoms with E-state index in [1.165, 1.54) is 7.11 Å². The number of para-hydroxylation sites is 1. The maximum absolute atomic E-state index is 13.4. The zero-order valence-electron chi connectivity index (χ0n) is 19.0. The lowest BCUT2D eigenvalue weighted by molar-refractivity contribution is -0.117. The van der Waals surface area contributed by atoms with E-state index in [1.54, 1.807) is 4.90 Å². The van der Waals surface area contributed by atoms with Gasteiger partial charge >= 0.3 is 6.09 Å². The highest BCUT2D eigenvalue weighted by Gasteiger charge is 2.26. The van der Waals surface area contributed by atoms with Crippen molar-refractivity contribution in [1.82, 2.24) is 10.2 Å². The number of aryl methyl sites for hydroxylation is 2. The second kappa shape index (κ2) is 12.4. The number of nitrogens with one attached hydrogen (secondary N) is 2. The first-order chi connectivity index (χ1) is 15.1. The van der Waals surface area contributed by atoms with Crippen LogP contribution in [0.1, 0.15) is 25.0 Å². The highest BCUT2D eigenvalue weighted by Crippen LogP contribution is 2.37. The molecule has 0 saturated heterocycles. The second-order valence-electron chi connectivity index (χ2n) is 7.52. The molecule has 0 fully saturated rings. The molecule has 0 unspecified atom stereocenters. The number of carbonyl (C=O) groups is 2. The average Bonchev–Trinajstić information content (AvgIpc) is 2.95. The smallest absolute Gasteiger partial charge is 0.411 e. The number of hydrogen-bond donors (Lipinski definition) is 2. The summed E-state index contributed by atoms with van der Waals surface area (Å²) < 4.78 is 4.71. The molecule has 1 aliphatic rings. The number of halogens is 1. The quantitative estimate of drug-likeness (QED) is 0.583. The number of ether oxygens (including phenoxy) is 1. The van der Waals surface area contributed by atoms with Crippen molar-refractivity contribution in [2.45, 2.75) is 26.7 Å². The molecule has 8 heteroatoms. The molecule has 2 aromatic carbocycles. The molecule has 3 rings (SSSR count). The fourth-order valence-corrected chi connectivity index (χ4v) is 3.89. The van der Waals surface area contributed by atoms with Gasteiger partial charge in [-0.3, -0.25) is 15.0 Å². The van der Waals surface area contributed by atoms with Gasteiger partial charge in [0.05, 0.1) is 25.0 Å². The molecule has 0 spiro atoms. The van der Waals surface area contributed by atoms with Gasteiger partial charge in [0.15, 0.2) is 0 Å². The molecule has 32 heavy (non-hydrogen) atoms. The first-order valence-corrected chi connectivity index (χ1v) is 10.9. The first-order valence-electron chi connectivity index (χ1n) is 10.9. The van der Waals surface area contributed by atoms with E-state index >= 15 is 0 Å². The van der Waals surface area contributed by atoms with Crippen LogP contribution < -0.4 is 15.5 Å². The number of carbonyl (C=O) groups excluding carboxylic acids is 2. The zero-order chi connectivity index (χ0) is 22.2.